The molecule has 0 aliphatic heterocycles. The van der Waals surface area contributed by atoms with Crippen LogP contribution in [0, 0.1) is 5.92 Å². The Bertz CT molecular complexity index is 719. The Morgan fingerprint density at radius 1 is 1.11 bits per heavy atom. The maximum atomic E-state index is 12.1. The van der Waals surface area contributed by atoms with Crippen molar-refractivity contribution in [1.29, 1.82) is 0 Å². The number of ether oxygens (including phenoxy) is 2. The van der Waals surface area contributed by atoms with Gasteiger partial charge in [-0.25, -0.2) is 0 Å². The number of alkyl halides is 3. The standard InChI is InChI=1S/C19H22F3N3O2/c1-14(12-26-13-15-5-3-2-4-6-15)11-24-18(23)25-16-7-9-17(10-8-16)27-19(20,21)22/h2-10,14H,11-13H2,1H3,(H3,23,24,25). The molecule has 27 heavy (non-hydrogen) atoms. The third-order valence-corrected chi connectivity index (χ3v) is 3.45. The van der Waals surface area contributed by atoms with Gasteiger partial charge in [-0.15, -0.1) is 13.2 Å². The zero-order valence-corrected chi connectivity index (χ0v) is 14.9. The van der Waals surface area contributed by atoms with Crippen LogP contribution in [0.2, 0.25) is 0 Å². The highest BCUT2D eigenvalue weighted by Gasteiger charge is 2.30. The third kappa shape index (κ3) is 8.46. The van der Waals surface area contributed by atoms with E-state index in [9.17, 15) is 13.2 Å². The van der Waals surface area contributed by atoms with Crippen LogP contribution < -0.4 is 15.8 Å². The summed E-state index contributed by atoms with van der Waals surface area (Å²) in [6.45, 7) is 3.53. The number of nitrogens with two attached hydrogens (primary N) is 1. The topological polar surface area (TPSA) is 68.9 Å². The molecule has 0 fully saturated rings. The number of halogens is 3. The number of benzene rings is 2. The largest absolute Gasteiger partial charge is 0.573 e. The second-order valence-electron chi connectivity index (χ2n) is 6.03. The van der Waals surface area contributed by atoms with Crippen LogP contribution in [0.4, 0.5) is 18.9 Å². The first-order valence-electron chi connectivity index (χ1n) is 8.36. The van der Waals surface area contributed by atoms with Gasteiger partial charge in [-0.3, -0.25) is 4.99 Å². The van der Waals surface area contributed by atoms with Crippen LogP contribution in [-0.2, 0) is 11.3 Å². The predicted molar refractivity (Wildman–Crippen MR) is 98.5 cm³/mol. The van der Waals surface area contributed by atoms with Crippen molar-refractivity contribution in [1.82, 2.24) is 0 Å². The molecule has 0 saturated heterocycles. The molecular formula is C19H22F3N3O2. The van der Waals surface area contributed by atoms with Gasteiger partial charge in [0.1, 0.15) is 5.75 Å². The van der Waals surface area contributed by atoms with E-state index in [1.54, 1.807) is 0 Å². The molecule has 0 aliphatic carbocycles. The van der Waals surface area contributed by atoms with Crippen molar-refractivity contribution < 1.29 is 22.6 Å². The maximum absolute atomic E-state index is 12.1. The lowest BCUT2D eigenvalue weighted by atomic mass is 10.2. The van der Waals surface area contributed by atoms with Crippen molar-refractivity contribution in [2.45, 2.75) is 19.9 Å². The zero-order valence-electron chi connectivity index (χ0n) is 14.9. The van der Waals surface area contributed by atoms with E-state index in [4.69, 9.17) is 10.5 Å². The molecule has 0 radical (unpaired) electrons. The molecule has 3 N–H and O–H groups in total. The van der Waals surface area contributed by atoms with E-state index in [1.807, 2.05) is 37.3 Å². The number of anilines is 1. The first-order valence-corrected chi connectivity index (χ1v) is 8.36. The lowest BCUT2D eigenvalue weighted by Gasteiger charge is -2.12. The molecule has 8 heteroatoms. The minimum absolute atomic E-state index is 0.164. The van der Waals surface area contributed by atoms with Crippen molar-refractivity contribution in [2.24, 2.45) is 16.6 Å². The van der Waals surface area contributed by atoms with Crippen LogP contribution in [0.1, 0.15) is 12.5 Å². The lowest BCUT2D eigenvalue weighted by molar-refractivity contribution is -0.274. The minimum atomic E-state index is -4.71. The minimum Gasteiger partial charge on any atom is -0.406 e. The van der Waals surface area contributed by atoms with Crippen LogP contribution in [0.5, 0.6) is 5.75 Å². The van der Waals surface area contributed by atoms with E-state index in [1.165, 1.54) is 24.3 Å². The summed E-state index contributed by atoms with van der Waals surface area (Å²) in [5, 5.41) is 2.82. The third-order valence-electron chi connectivity index (χ3n) is 3.45. The first-order chi connectivity index (χ1) is 12.8. The number of hydrogen-bond donors (Lipinski definition) is 2. The Kier molecular flexibility index (Phi) is 7.48. The molecule has 1 atom stereocenters. The zero-order chi connectivity index (χ0) is 19.7. The van der Waals surface area contributed by atoms with Gasteiger partial charge in [-0.1, -0.05) is 37.3 Å². The second kappa shape index (κ2) is 9.82. The van der Waals surface area contributed by atoms with E-state index < -0.39 is 6.36 Å². The van der Waals surface area contributed by atoms with Crippen molar-refractivity contribution in [3.8, 4) is 5.75 Å². The van der Waals surface area contributed by atoms with Gasteiger partial charge in [0.05, 0.1) is 13.2 Å². The molecular weight excluding hydrogens is 359 g/mol. The van der Waals surface area contributed by atoms with Gasteiger partial charge >= 0.3 is 6.36 Å². The van der Waals surface area contributed by atoms with E-state index in [-0.39, 0.29) is 17.6 Å². The van der Waals surface area contributed by atoms with Gasteiger partial charge in [0.2, 0.25) is 0 Å². The van der Waals surface area contributed by atoms with Gasteiger partial charge in [0, 0.05) is 12.2 Å². The number of nitrogens with one attached hydrogen (secondary N) is 1. The molecule has 5 nitrogen and oxygen atoms in total. The maximum Gasteiger partial charge on any atom is 0.573 e. The number of hydrogen-bond acceptors (Lipinski definition) is 3. The second-order valence-corrected chi connectivity index (χ2v) is 6.03. The smallest absolute Gasteiger partial charge is 0.406 e. The van der Waals surface area contributed by atoms with E-state index in [2.05, 4.69) is 15.0 Å². The van der Waals surface area contributed by atoms with Gasteiger partial charge in [-0.05, 0) is 35.7 Å². The van der Waals surface area contributed by atoms with E-state index in [0.29, 0.717) is 25.4 Å². The highest BCUT2D eigenvalue weighted by Crippen LogP contribution is 2.23. The average Bonchev–Trinajstić information content (AvgIpc) is 2.61. The Labute approximate surface area is 156 Å². The summed E-state index contributed by atoms with van der Waals surface area (Å²) >= 11 is 0. The Hall–Kier alpha value is -2.74. The molecule has 0 amide bonds. The predicted octanol–water partition coefficient (Wildman–Crippen LogP) is 4.16. The summed E-state index contributed by atoms with van der Waals surface area (Å²) in [6, 6.07) is 15.1. The molecule has 0 heterocycles. The monoisotopic (exact) mass is 381 g/mol. The van der Waals surface area contributed by atoms with Gasteiger partial charge in [0.15, 0.2) is 5.96 Å². The number of rotatable bonds is 8. The van der Waals surface area contributed by atoms with Crippen molar-refractivity contribution in [2.75, 3.05) is 18.5 Å². The Morgan fingerprint density at radius 2 is 1.78 bits per heavy atom. The summed E-state index contributed by atoms with van der Waals surface area (Å²) in [4.78, 5) is 4.22. The van der Waals surface area contributed by atoms with Crippen LogP contribution >= 0.6 is 0 Å². The molecule has 0 aliphatic rings. The highest BCUT2D eigenvalue weighted by atomic mass is 19.4. The first kappa shape index (κ1) is 20.6. The van der Waals surface area contributed by atoms with Gasteiger partial charge in [0.25, 0.3) is 0 Å². The Balaban J connectivity index is 1.73. The Morgan fingerprint density at radius 3 is 2.41 bits per heavy atom. The van der Waals surface area contributed by atoms with Crippen LogP contribution in [0.3, 0.4) is 0 Å². The normalized spacial score (nSPS) is 13.3. The molecule has 0 bridgehead atoms. The van der Waals surface area contributed by atoms with Crippen molar-refractivity contribution in [3.05, 3.63) is 60.2 Å². The number of guanidine groups is 1. The molecule has 0 saturated carbocycles. The number of aliphatic imine (C=N–C) groups is 1. The molecule has 0 aromatic heterocycles. The van der Waals surface area contributed by atoms with Crippen molar-refractivity contribution >= 4 is 11.6 Å². The van der Waals surface area contributed by atoms with E-state index in [0.717, 1.165) is 5.56 Å². The van der Waals surface area contributed by atoms with Crippen LogP contribution in [0.15, 0.2) is 59.6 Å². The molecule has 1 unspecified atom stereocenters. The average molecular weight is 381 g/mol. The summed E-state index contributed by atoms with van der Waals surface area (Å²) in [5.41, 5.74) is 7.42. The quantitative estimate of drug-likeness (QED) is 0.532. The molecule has 146 valence electrons. The van der Waals surface area contributed by atoms with Gasteiger partial charge in [-0.2, -0.15) is 0 Å². The summed E-state index contributed by atoms with van der Waals surface area (Å²) in [6.07, 6.45) is -4.71. The SMILES string of the molecule is CC(CN=C(N)Nc1ccc(OC(F)(F)F)cc1)COCc1ccccc1. The fourth-order valence-electron chi connectivity index (χ4n) is 2.19. The van der Waals surface area contributed by atoms with Gasteiger partial charge < -0.3 is 20.5 Å². The fourth-order valence-corrected chi connectivity index (χ4v) is 2.19. The van der Waals surface area contributed by atoms with Crippen LogP contribution in [-0.4, -0.2) is 25.5 Å². The molecule has 2 rings (SSSR count). The van der Waals surface area contributed by atoms with Crippen molar-refractivity contribution in [3.63, 3.8) is 0 Å². The summed E-state index contributed by atoms with van der Waals surface area (Å²) < 4.78 is 45.8. The van der Waals surface area contributed by atoms with E-state index >= 15 is 0 Å². The summed E-state index contributed by atoms with van der Waals surface area (Å²) in [7, 11) is 0. The fraction of sp³-hybridized carbons (Fsp3) is 0.316. The highest BCUT2D eigenvalue weighted by molar-refractivity contribution is 5.92. The molecule has 2 aromatic rings. The number of nitrogens with zero attached hydrogens (tertiary/aromatic N) is 1. The lowest BCUT2D eigenvalue weighted by Crippen LogP contribution is -2.24. The molecule has 2 aromatic carbocycles. The van der Waals surface area contributed by atoms with Crippen LogP contribution in [0.25, 0.3) is 0 Å². The molecule has 0 spiro atoms. The summed E-state index contributed by atoms with van der Waals surface area (Å²) in [5.74, 6) is 0.0405.